The second-order valence-corrected chi connectivity index (χ2v) is 7.47. The van der Waals surface area contributed by atoms with Crippen LogP contribution < -0.4 is 5.73 Å². The maximum atomic E-state index is 6.36. The van der Waals surface area contributed by atoms with E-state index in [-0.39, 0.29) is 0 Å². The van der Waals surface area contributed by atoms with Crippen molar-refractivity contribution in [3.8, 4) is 0 Å². The van der Waals surface area contributed by atoms with Gasteiger partial charge in [-0.1, -0.05) is 41.8 Å². The molecule has 0 saturated heterocycles. The van der Waals surface area contributed by atoms with Gasteiger partial charge < -0.3 is 5.73 Å². The molecule has 1 saturated carbocycles. The fourth-order valence-corrected chi connectivity index (χ4v) is 4.35. The molecule has 3 heteroatoms. The number of nitrogens with two attached hydrogens (primary N) is 1. The summed E-state index contributed by atoms with van der Waals surface area (Å²) in [5.41, 5.74) is 6.36. The summed E-state index contributed by atoms with van der Waals surface area (Å²) >= 11 is 5.39. The molecule has 0 aliphatic heterocycles. The van der Waals surface area contributed by atoms with Gasteiger partial charge in [0.25, 0.3) is 0 Å². The van der Waals surface area contributed by atoms with E-state index < -0.39 is 0 Å². The minimum absolute atomic E-state index is 0.344. The predicted molar refractivity (Wildman–Crippen MR) is 84.0 cm³/mol. The third kappa shape index (κ3) is 4.29. The summed E-state index contributed by atoms with van der Waals surface area (Å²) in [5.74, 6) is 2.63. The van der Waals surface area contributed by atoms with E-state index in [9.17, 15) is 0 Å². The van der Waals surface area contributed by atoms with Crippen LogP contribution in [0.15, 0.2) is 33.6 Å². The van der Waals surface area contributed by atoms with Crippen molar-refractivity contribution in [1.82, 2.24) is 0 Å². The van der Waals surface area contributed by atoms with Gasteiger partial charge >= 0.3 is 0 Å². The predicted octanol–water partition coefficient (Wildman–Crippen LogP) is 4.69. The van der Waals surface area contributed by atoms with Crippen molar-refractivity contribution in [3.63, 3.8) is 0 Å². The second kappa shape index (κ2) is 6.97. The first-order chi connectivity index (χ1) is 8.65. The minimum Gasteiger partial charge on any atom is -0.327 e. The van der Waals surface area contributed by atoms with Crippen molar-refractivity contribution < 1.29 is 0 Å². The number of hydrogen-bond donors (Lipinski definition) is 1. The minimum atomic E-state index is 0.344. The molecule has 3 atom stereocenters. The molecule has 2 rings (SSSR count). The molecule has 0 spiro atoms. The summed E-state index contributed by atoms with van der Waals surface area (Å²) in [4.78, 5) is 1.31. The molecule has 2 N–H and O–H groups in total. The normalized spacial score (nSPS) is 25.9. The lowest BCUT2D eigenvalue weighted by Crippen LogP contribution is -2.35. The maximum Gasteiger partial charge on any atom is 0.0186 e. The molecular formula is C15H22BrNS. The van der Waals surface area contributed by atoms with E-state index in [1.165, 1.54) is 30.6 Å². The largest absolute Gasteiger partial charge is 0.327 e. The van der Waals surface area contributed by atoms with E-state index in [1.54, 1.807) is 0 Å². The van der Waals surface area contributed by atoms with E-state index in [0.717, 1.165) is 22.1 Å². The molecule has 1 aliphatic rings. The molecule has 0 heterocycles. The fourth-order valence-electron chi connectivity index (χ4n) is 2.76. The Morgan fingerprint density at radius 1 is 1.44 bits per heavy atom. The molecule has 1 aromatic carbocycles. The molecular weight excluding hydrogens is 306 g/mol. The third-order valence-corrected chi connectivity index (χ3v) is 5.45. The Kier molecular flexibility index (Phi) is 5.58. The van der Waals surface area contributed by atoms with Crippen molar-refractivity contribution in [3.05, 3.63) is 28.7 Å². The Morgan fingerprint density at radius 2 is 2.28 bits per heavy atom. The summed E-state index contributed by atoms with van der Waals surface area (Å²) in [6.07, 6.45) is 5.40. The fraction of sp³-hybridized carbons (Fsp3) is 0.600. The van der Waals surface area contributed by atoms with Crippen LogP contribution in [-0.2, 0) is 0 Å². The quantitative estimate of drug-likeness (QED) is 0.811. The first kappa shape index (κ1) is 14.4. The van der Waals surface area contributed by atoms with Crippen LogP contribution in [0.5, 0.6) is 0 Å². The zero-order valence-electron chi connectivity index (χ0n) is 10.9. The Balaban J connectivity index is 1.82. The van der Waals surface area contributed by atoms with Crippen molar-refractivity contribution in [2.75, 3.05) is 5.75 Å². The summed E-state index contributed by atoms with van der Waals surface area (Å²) < 4.78 is 1.15. The van der Waals surface area contributed by atoms with E-state index in [4.69, 9.17) is 5.73 Å². The van der Waals surface area contributed by atoms with Crippen molar-refractivity contribution >= 4 is 27.7 Å². The Morgan fingerprint density at radius 3 is 3.00 bits per heavy atom. The van der Waals surface area contributed by atoms with Gasteiger partial charge in [0.05, 0.1) is 0 Å². The smallest absolute Gasteiger partial charge is 0.0186 e. The van der Waals surface area contributed by atoms with Gasteiger partial charge in [0, 0.05) is 21.2 Å². The van der Waals surface area contributed by atoms with Crippen LogP contribution in [0.4, 0.5) is 0 Å². The van der Waals surface area contributed by atoms with Gasteiger partial charge in [-0.25, -0.2) is 0 Å². The van der Waals surface area contributed by atoms with Gasteiger partial charge in [-0.05, 0) is 42.9 Å². The first-order valence-corrected chi connectivity index (χ1v) is 8.57. The Bertz CT molecular complexity index is 383. The molecule has 3 unspecified atom stereocenters. The van der Waals surface area contributed by atoms with E-state index >= 15 is 0 Å². The Labute approximate surface area is 123 Å². The number of thioether (sulfide) groups is 1. The SMILES string of the molecule is CC1CCCC(C(N)CSc2cccc(Br)c2)C1. The lowest BCUT2D eigenvalue weighted by molar-refractivity contribution is 0.256. The highest BCUT2D eigenvalue weighted by Gasteiger charge is 2.24. The standard InChI is InChI=1S/C15H22BrNS/c1-11-4-2-5-12(8-11)15(17)10-18-14-7-3-6-13(16)9-14/h3,6-7,9,11-12,15H,2,4-5,8,10,17H2,1H3. The van der Waals surface area contributed by atoms with Gasteiger partial charge in [-0.15, -0.1) is 11.8 Å². The zero-order chi connectivity index (χ0) is 13.0. The highest BCUT2D eigenvalue weighted by atomic mass is 79.9. The molecule has 18 heavy (non-hydrogen) atoms. The highest BCUT2D eigenvalue weighted by Crippen LogP contribution is 2.32. The monoisotopic (exact) mass is 327 g/mol. The number of hydrogen-bond acceptors (Lipinski definition) is 2. The molecule has 0 radical (unpaired) electrons. The number of rotatable bonds is 4. The second-order valence-electron chi connectivity index (χ2n) is 5.46. The zero-order valence-corrected chi connectivity index (χ0v) is 13.3. The van der Waals surface area contributed by atoms with Crippen molar-refractivity contribution in [2.24, 2.45) is 17.6 Å². The highest BCUT2D eigenvalue weighted by molar-refractivity contribution is 9.10. The summed E-state index contributed by atoms with van der Waals surface area (Å²) in [6, 6.07) is 8.82. The van der Waals surface area contributed by atoms with E-state index in [0.29, 0.717) is 6.04 Å². The molecule has 0 bridgehead atoms. The molecule has 1 nitrogen and oxygen atoms in total. The summed E-state index contributed by atoms with van der Waals surface area (Å²) in [6.45, 7) is 2.36. The molecule has 0 amide bonds. The average Bonchev–Trinajstić information content (AvgIpc) is 2.36. The molecule has 1 aliphatic carbocycles. The van der Waals surface area contributed by atoms with Crippen molar-refractivity contribution in [2.45, 2.75) is 43.5 Å². The van der Waals surface area contributed by atoms with Gasteiger partial charge in [0.15, 0.2) is 0 Å². The number of benzene rings is 1. The topological polar surface area (TPSA) is 26.0 Å². The van der Waals surface area contributed by atoms with Gasteiger partial charge in [0.1, 0.15) is 0 Å². The van der Waals surface area contributed by atoms with Crippen LogP contribution in [0.25, 0.3) is 0 Å². The number of halogens is 1. The summed E-state index contributed by atoms with van der Waals surface area (Å²) in [5, 5.41) is 0. The van der Waals surface area contributed by atoms with Crippen LogP contribution in [-0.4, -0.2) is 11.8 Å². The van der Waals surface area contributed by atoms with Gasteiger partial charge in [0.2, 0.25) is 0 Å². The lowest BCUT2D eigenvalue weighted by atomic mass is 9.79. The van der Waals surface area contributed by atoms with Crippen LogP contribution in [0.3, 0.4) is 0 Å². The molecule has 1 aromatic rings. The van der Waals surface area contributed by atoms with E-state index in [1.807, 2.05) is 11.8 Å². The average molecular weight is 328 g/mol. The lowest BCUT2D eigenvalue weighted by Gasteiger charge is -2.31. The van der Waals surface area contributed by atoms with E-state index in [2.05, 4.69) is 47.1 Å². The molecule has 100 valence electrons. The van der Waals surface area contributed by atoms with Crippen LogP contribution in [0, 0.1) is 11.8 Å². The van der Waals surface area contributed by atoms with Gasteiger partial charge in [-0.2, -0.15) is 0 Å². The van der Waals surface area contributed by atoms with Crippen LogP contribution in [0.1, 0.15) is 32.6 Å². The molecule has 1 fully saturated rings. The Hall–Kier alpha value is 0.01000. The third-order valence-electron chi connectivity index (χ3n) is 3.82. The first-order valence-electron chi connectivity index (χ1n) is 6.79. The summed E-state index contributed by atoms with van der Waals surface area (Å²) in [7, 11) is 0. The van der Waals surface area contributed by atoms with Crippen LogP contribution >= 0.6 is 27.7 Å². The van der Waals surface area contributed by atoms with Crippen LogP contribution in [0.2, 0.25) is 0 Å². The van der Waals surface area contributed by atoms with Gasteiger partial charge in [-0.3, -0.25) is 0 Å². The maximum absolute atomic E-state index is 6.36. The molecule has 0 aromatic heterocycles. The van der Waals surface area contributed by atoms with Crippen molar-refractivity contribution in [1.29, 1.82) is 0 Å².